The van der Waals surface area contributed by atoms with Crippen LogP contribution in [0.3, 0.4) is 0 Å². The van der Waals surface area contributed by atoms with Gasteiger partial charge in [0.05, 0.1) is 10.6 Å². The van der Waals surface area contributed by atoms with Crippen molar-refractivity contribution >= 4 is 21.4 Å². The molecular weight excluding hydrogens is 298 g/mol. The van der Waals surface area contributed by atoms with Crippen LogP contribution in [0.5, 0.6) is 0 Å². The number of halogens is 1. The van der Waals surface area contributed by atoms with Crippen LogP contribution in [0.2, 0.25) is 5.02 Å². The second-order valence-corrected chi connectivity index (χ2v) is 6.93. The Morgan fingerprint density at radius 3 is 2.65 bits per heavy atom. The Labute approximate surface area is 123 Å². The van der Waals surface area contributed by atoms with E-state index in [0.29, 0.717) is 23.7 Å². The van der Waals surface area contributed by atoms with Gasteiger partial charge in [-0.25, -0.2) is 8.42 Å². The van der Waals surface area contributed by atoms with Gasteiger partial charge in [-0.1, -0.05) is 17.7 Å². The quantitative estimate of drug-likeness (QED) is 0.913. The lowest BCUT2D eigenvalue weighted by molar-refractivity contribution is 0.595. The molecule has 108 valence electrons. The van der Waals surface area contributed by atoms with Crippen molar-refractivity contribution < 1.29 is 8.42 Å². The number of hydrogen-bond donors (Lipinski definition) is 1. The molecule has 7 heteroatoms. The monoisotopic (exact) mass is 313 g/mol. The highest BCUT2D eigenvalue weighted by Crippen LogP contribution is 2.23. The van der Waals surface area contributed by atoms with E-state index in [2.05, 4.69) is 10.4 Å². The van der Waals surface area contributed by atoms with Crippen molar-refractivity contribution in [1.82, 2.24) is 15.1 Å². The zero-order valence-electron chi connectivity index (χ0n) is 11.3. The minimum atomic E-state index is -3.29. The van der Waals surface area contributed by atoms with E-state index >= 15 is 0 Å². The maximum atomic E-state index is 11.8. The van der Waals surface area contributed by atoms with Gasteiger partial charge in [0, 0.05) is 43.2 Å². The molecule has 0 bridgehead atoms. The lowest BCUT2D eigenvalue weighted by Gasteiger charge is -2.11. The van der Waals surface area contributed by atoms with Crippen molar-refractivity contribution in [3.8, 4) is 0 Å². The standard InChI is InChI=1S/C13H16ClN3O2S/c1-17-10(6-7-16-17)8-15-9-11-12(14)4-3-5-13(11)20(2,18)19/h3-7,15H,8-9H2,1-2H3. The molecule has 0 saturated heterocycles. The molecular formula is C13H16ClN3O2S. The molecule has 0 unspecified atom stereocenters. The molecule has 2 rings (SSSR count). The maximum absolute atomic E-state index is 11.8. The highest BCUT2D eigenvalue weighted by Gasteiger charge is 2.15. The van der Waals surface area contributed by atoms with Gasteiger partial charge in [-0.05, 0) is 18.2 Å². The van der Waals surface area contributed by atoms with Gasteiger partial charge in [0.25, 0.3) is 0 Å². The van der Waals surface area contributed by atoms with Gasteiger partial charge >= 0.3 is 0 Å². The number of nitrogens with one attached hydrogen (secondary N) is 1. The van der Waals surface area contributed by atoms with Gasteiger partial charge < -0.3 is 5.32 Å². The molecule has 0 aliphatic carbocycles. The van der Waals surface area contributed by atoms with Crippen LogP contribution in [-0.2, 0) is 30.0 Å². The van der Waals surface area contributed by atoms with Crippen molar-refractivity contribution in [2.75, 3.05) is 6.26 Å². The van der Waals surface area contributed by atoms with E-state index in [4.69, 9.17) is 11.6 Å². The molecule has 5 nitrogen and oxygen atoms in total. The normalized spacial score (nSPS) is 11.8. The summed E-state index contributed by atoms with van der Waals surface area (Å²) in [6.45, 7) is 0.970. The molecule has 0 amide bonds. The molecule has 20 heavy (non-hydrogen) atoms. The number of aromatic nitrogens is 2. The van der Waals surface area contributed by atoms with Crippen LogP contribution in [0, 0.1) is 0 Å². The molecule has 0 radical (unpaired) electrons. The van der Waals surface area contributed by atoms with Crippen molar-refractivity contribution in [2.24, 2.45) is 7.05 Å². The van der Waals surface area contributed by atoms with Crippen LogP contribution in [-0.4, -0.2) is 24.5 Å². The van der Waals surface area contributed by atoms with Crippen molar-refractivity contribution in [3.63, 3.8) is 0 Å². The van der Waals surface area contributed by atoms with Crippen molar-refractivity contribution in [1.29, 1.82) is 0 Å². The summed E-state index contributed by atoms with van der Waals surface area (Å²) < 4.78 is 25.3. The summed E-state index contributed by atoms with van der Waals surface area (Å²) in [7, 11) is -1.43. The molecule has 0 fully saturated rings. The Morgan fingerprint density at radius 2 is 2.05 bits per heavy atom. The molecule has 0 atom stereocenters. The molecule has 0 aliphatic rings. The summed E-state index contributed by atoms with van der Waals surface area (Å²) in [6.07, 6.45) is 2.90. The summed E-state index contributed by atoms with van der Waals surface area (Å²) in [5, 5.41) is 7.71. The van der Waals surface area contributed by atoms with E-state index in [1.165, 1.54) is 6.26 Å². The average Bonchev–Trinajstić information content (AvgIpc) is 2.76. The fraction of sp³-hybridized carbons (Fsp3) is 0.308. The van der Waals surface area contributed by atoms with Crippen molar-refractivity contribution in [2.45, 2.75) is 18.0 Å². The zero-order chi connectivity index (χ0) is 14.8. The van der Waals surface area contributed by atoms with Crippen LogP contribution in [0.25, 0.3) is 0 Å². The van der Waals surface area contributed by atoms with Crippen LogP contribution >= 0.6 is 11.6 Å². The first-order valence-electron chi connectivity index (χ1n) is 6.04. The minimum absolute atomic E-state index is 0.266. The van der Waals surface area contributed by atoms with Crippen LogP contribution < -0.4 is 5.32 Å². The van der Waals surface area contributed by atoms with Gasteiger partial charge in [-0.2, -0.15) is 5.10 Å². The van der Waals surface area contributed by atoms with Gasteiger partial charge in [0.1, 0.15) is 0 Å². The Balaban J connectivity index is 2.16. The van der Waals surface area contributed by atoms with Gasteiger partial charge in [0.15, 0.2) is 9.84 Å². The van der Waals surface area contributed by atoms with E-state index in [9.17, 15) is 8.42 Å². The molecule has 0 saturated carbocycles. The first kappa shape index (κ1) is 15.0. The molecule has 1 heterocycles. The lowest BCUT2D eigenvalue weighted by Crippen LogP contribution is -2.17. The number of sulfone groups is 1. The van der Waals surface area contributed by atoms with Crippen LogP contribution in [0.1, 0.15) is 11.3 Å². The van der Waals surface area contributed by atoms with Crippen LogP contribution in [0.15, 0.2) is 35.4 Å². The van der Waals surface area contributed by atoms with Gasteiger partial charge in [-0.15, -0.1) is 0 Å². The van der Waals surface area contributed by atoms with Crippen molar-refractivity contribution in [3.05, 3.63) is 46.7 Å². The number of hydrogen-bond acceptors (Lipinski definition) is 4. The number of rotatable bonds is 5. The summed E-state index contributed by atoms with van der Waals surface area (Å²) in [6, 6.07) is 6.81. The maximum Gasteiger partial charge on any atom is 0.175 e. The Morgan fingerprint density at radius 1 is 1.30 bits per heavy atom. The SMILES string of the molecule is Cn1nccc1CNCc1c(Cl)cccc1S(C)(=O)=O. The average molecular weight is 314 g/mol. The Kier molecular flexibility index (Phi) is 4.47. The first-order valence-corrected chi connectivity index (χ1v) is 8.31. The van der Waals surface area contributed by atoms with Crippen LogP contribution in [0.4, 0.5) is 0 Å². The van der Waals surface area contributed by atoms with E-state index in [0.717, 1.165) is 5.69 Å². The molecule has 1 N–H and O–H groups in total. The predicted octanol–water partition coefficient (Wildman–Crippen LogP) is 1.77. The van der Waals surface area contributed by atoms with E-state index in [1.54, 1.807) is 29.1 Å². The van der Waals surface area contributed by atoms with Gasteiger partial charge in [0.2, 0.25) is 0 Å². The molecule has 1 aromatic carbocycles. The lowest BCUT2D eigenvalue weighted by atomic mass is 10.2. The van der Waals surface area contributed by atoms with E-state index < -0.39 is 9.84 Å². The first-order chi connectivity index (χ1) is 9.39. The summed E-state index contributed by atoms with van der Waals surface area (Å²) in [5.74, 6) is 0. The third-order valence-electron chi connectivity index (χ3n) is 3.01. The molecule has 1 aromatic heterocycles. The molecule has 0 aliphatic heterocycles. The number of aryl methyl sites for hydroxylation is 1. The highest BCUT2D eigenvalue weighted by atomic mass is 35.5. The third-order valence-corrected chi connectivity index (χ3v) is 4.54. The highest BCUT2D eigenvalue weighted by molar-refractivity contribution is 7.90. The Hall–Kier alpha value is -1.37. The van der Waals surface area contributed by atoms with E-state index in [-0.39, 0.29) is 4.90 Å². The third kappa shape index (κ3) is 3.39. The summed E-state index contributed by atoms with van der Waals surface area (Å²) in [5.41, 5.74) is 1.61. The second-order valence-electron chi connectivity index (χ2n) is 4.54. The number of benzene rings is 1. The minimum Gasteiger partial charge on any atom is -0.307 e. The second kappa shape index (κ2) is 5.95. The summed E-state index contributed by atoms with van der Waals surface area (Å²) >= 11 is 6.11. The fourth-order valence-corrected chi connectivity index (χ4v) is 3.20. The molecule has 0 spiro atoms. The smallest absolute Gasteiger partial charge is 0.175 e. The van der Waals surface area contributed by atoms with Gasteiger partial charge in [-0.3, -0.25) is 4.68 Å². The Bertz CT molecular complexity index is 710. The van der Waals surface area contributed by atoms with E-state index in [1.807, 2.05) is 13.1 Å². The molecule has 2 aromatic rings. The number of nitrogens with zero attached hydrogens (tertiary/aromatic N) is 2. The largest absolute Gasteiger partial charge is 0.307 e. The predicted molar refractivity (Wildman–Crippen MR) is 78.3 cm³/mol. The fourth-order valence-electron chi connectivity index (χ4n) is 1.95. The summed E-state index contributed by atoms with van der Waals surface area (Å²) in [4.78, 5) is 0.266. The topological polar surface area (TPSA) is 64.0 Å². The zero-order valence-corrected chi connectivity index (χ0v) is 12.9.